The van der Waals surface area contributed by atoms with E-state index in [1.54, 1.807) is 0 Å². The van der Waals surface area contributed by atoms with Crippen molar-refractivity contribution in [1.29, 1.82) is 0 Å². The molecule has 0 bridgehead atoms. The normalized spacial score (nSPS) is 11.1. The Morgan fingerprint density at radius 1 is 1.30 bits per heavy atom. The average molecular weight is 300 g/mol. The van der Waals surface area contributed by atoms with Crippen molar-refractivity contribution in [3.63, 3.8) is 0 Å². The number of halogens is 1. The fourth-order valence-corrected chi connectivity index (χ4v) is 1.93. The number of nitrogens with zero attached hydrogens (tertiary/aromatic N) is 1. The first kappa shape index (κ1) is 18.9. The molecule has 0 aliphatic carbocycles. The Labute approximate surface area is 128 Å². The molecule has 0 radical (unpaired) electrons. The van der Waals surface area contributed by atoms with Crippen LogP contribution in [0.15, 0.2) is 24.3 Å². The minimum Gasteiger partial charge on any atom is -0.330 e. The maximum Gasteiger partial charge on any atom is 0.238 e. The summed E-state index contributed by atoms with van der Waals surface area (Å²) < 4.78 is 0. The lowest BCUT2D eigenvalue weighted by molar-refractivity contribution is -0.117. The average Bonchev–Trinajstić information content (AvgIpc) is 2.31. The molecule has 1 aromatic rings. The summed E-state index contributed by atoms with van der Waals surface area (Å²) in [5.74, 6) is -0.000764. The van der Waals surface area contributed by atoms with E-state index in [-0.39, 0.29) is 23.7 Å². The van der Waals surface area contributed by atoms with Gasteiger partial charge in [0.2, 0.25) is 5.91 Å². The molecule has 114 valence electrons. The molecular weight excluding hydrogens is 274 g/mol. The molecule has 0 saturated heterocycles. The van der Waals surface area contributed by atoms with Crippen LogP contribution in [0.4, 0.5) is 5.69 Å². The van der Waals surface area contributed by atoms with Gasteiger partial charge in [0.25, 0.3) is 0 Å². The largest absolute Gasteiger partial charge is 0.330 e. The summed E-state index contributed by atoms with van der Waals surface area (Å²) in [6.07, 6.45) is 0. The van der Waals surface area contributed by atoms with Crippen molar-refractivity contribution in [2.75, 3.05) is 32.0 Å². The predicted molar refractivity (Wildman–Crippen MR) is 87.4 cm³/mol. The number of amides is 1. The maximum atomic E-state index is 11.9. The van der Waals surface area contributed by atoms with E-state index in [9.17, 15) is 4.79 Å². The van der Waals surface area contributed by atoms with Crippen LogP contribution in [0.5, 0.6) is 0 Å². The number of likely N-dealkylation sites (N-methyl/N-ethyl adjacent to an activating group) is 1. The number of aryl methyl sites for hydroxylation is 1. The van der Waals surface area contributed by atoms with Crippen LogP contribution in [0.3, 0.4) is 0 Å². The van der Waals surface area contributed by atoms with E-state index in [1.165, 1.54) is 5.56 Å². The van der Waals surface area contributed by atoms with Gasteiger partial charge in [0.1, 0.15) is 0 Å². The minimum absolute atomic E-state index is 0. The Kier molecular flexibility index (Phi) is 7.79. The number of hydrogen-bond donors (Lipinski definition) is 2. The number of carbonyl (C=O) groups is 1. The highest BCUT2D eigenvalue weighted by Crippen LogP contribution is 2.14. The number of carbonyl (C=O) groups excluding carboxylic acids is 1. The van der Waals surface area contributed by atoms with Crippen molar-refractivity contribution in [2.45, 2.75) is 20.8 Å². The molecule has 0 aliphatic heterocycles. The number of nitrogens with one attached hydrogen (secondary N) is 1. The van der Waals surface area contributed by atoms with Crippen LogP contribution < -0.4 is 11.1 Å². The highest BCUT2D eigenvalue weighted by atomic mass is 35.5. The zero-order valence-corrected chi connectivity index (χ0v) is 13.6. The minimum atomic E-state index is -0.000764. The van der Waals surface area contributed by atoms with Crippen LogP contribution in [-0.4, -0.2) is 37.5 Å². The van der Waals surface area contributed by atoms with Crippen molar-refractivity contribution in [3.8, 4) is 0 Å². The zero-order chi connectivity index (χ0) is 14.5. The molecule has 0 saturated carbocycles. The van der Waals surface area contributed by atoms with Gasteiger partial charge in [-0.3, -0.25) is 9.69 Å². The van der Waals surface area contributed by atoms with Gasteiger partial charge in [0.05, 0.1) is 6.54 Å². The lowest BCUT2D eigenvalue weighted by Gasteiger charge is -2.28. The van der Waals surface area contributed by atoms with E-state index in [4.69, 9.17) is 5.73 Å². The smallest absolute Gasteiger partial charge is 0.238 e. The molecule has 0 heterocycles. The van der Waals surface area contributed by atoms with Crippen molar-refractivity contribution >= 4 is 24.0 Å². The van der Waals surface area contributed by atoms with Gasteiger partial charge in [0.15, 0.2) is 0 Å². The molecule has 0 aliphatic rings. The van der Waals surface area contributed by atoms with Crippen molar-refractivity contribution in [3.05, 3.63) is 29.8 Å². The Morgan fingerprint density at radius 2 is 1.85 bits per heavy atom. The molecule has 1 amide bonds. The SMILES string of the molecule is Cc1ccc(NC(=O)CN(C)CC(C)(C)CN)cc1.Cl. The monoisotopic (exact) mass is 299 g/mol. The van der Waals surface area contributed by atoms with Gasteiger partial charge >= 0.3 is 0 Å². The standard InChI is InChI=1S/C15H25N3O.ClH/c1-12-5-7-13(8-6-12)17-14(19)9-18(4)11-15(2,3)10-16;/h5-8H,9-11,16H2,1-4H3,(H,17,19);1H. The summed E-state index contributed by atoms with van der Waals surface area (Å²) in [4.78, 5) is 13.9. The summed E-state index contributed by atoms with van der Waals surface area (Å²) in [7, 11) is 1.94. The van der Waals surface area contributed by atoms with Crippen LogP contribution >= 0.6 is 12.4 Å². The Bertz CT molecular complexity index is 418. The van der Waals surface area contributed by atoms with Crippen LogP contribution in [-0.2, 0) is 4.79 Å². The molecule has 1 aromatic carbocycles. The highest BCUT2D eigenvalue weighted by Gasteiger charge is 2.19. The summed E-state index contributed by atoms with van der Waals surface area (Å²) in [6, 6.07) is 7.79. The van der Waals surface area contributed by atoms with E-state index in [0.29, 0.717) is 13.1 Å². The molecule has 20 heavy (non-hydrogen) atoms. The van der Waals surface area contributed by atoms with Crippen LogP contribution in [0.25, 0.3) is 0 Å². The molecule has 4 nitrogen and oxygen atoms in total. The van der Waals surface area contributed by atoms with Gasteiger partial charge in [-0.25, -0.2) is 0 Å². The number of benzene rings is 1. The van der Waals surface area contributed by atoms with Gasteiger partial charge in [-0.05, 0) is 38.1 Å². The van der Waals surface area contributed by atoms with Crippen LogP contribution in [0.1, 0.15) is 19.4 Å². The Morgan fingerprint density at radius 3 is 2.35 bits per heavy atom. The third-order valence-corrected chi connectivity index (χ3v) is 3.00. The molecule has 1 rings (SSSR count). The molecule has 0 unspecified atom stereocenters. The zero-order valence-electron chi connectivity index (χ0n) is 12.8. The van der Waals surface area contributed by atoms with Crippen molar-refractivity contribution in [1.82, 2.24) is 4.90 Å². The lowest BCUT2D eigenvalue weighted by Crippen LogP contribution is -2.40. The third kappa shape index (κ3) is 6.89. The Hall–Kier alpha value is -1.10. The topological polar surface area (TPSA) is 58.4 Å². The van der Waals surface area contributed by atoms with Gasteiger partial charge in [-0.2, -0.15) is 0 Å². The molecule has 0 fully saturated rings. The van der Waals surface area contributed by atoms with E-state index in [1.807, 2.05) is 43.1 Å². The number of anilines is 1. The molecule has 0 atom stereocenters. The summed E-state index contributed by atoms with van der Waals surface area (Å²) >= 11 is 0. The second-order valence-corrected chi connectivity index (χ2v) is 5.95. The van der Waals surface area contributed by atoms with E-state index in [0.717, 1.165) is 12.2 Å². The highest BCUT2D eigenvalue weighted by molar-refractivity contribution is 5.92. The van der Waals surface area contributed by atoms with Crippen molar-refractivity contribution < 1.29 is 4.79 Å². The van der Waals surface area contributed by atoms with Gasteiger partial charge < -0.3 is 11.1 Å². The maximum absolute atomic E-state index is 11.9. The summed E-state index contributed by atoms with van der Waals surface area (Å²) in [6.45, 7) is 8.00. The van der Waals surface area contributed by atoms with E-state index < -0.39 is 0 Å². The van der Waals surface area contributed by atoms with Crippen LogP contribution in [0.2, 0.25) is 0 Å². The first-order valence-electron chi connectivity index (χ1n) is 6.57. The van der Waals surface area contributed by atoms with Gasteiger partial charge in [0, 0.05) is 12.2 Å². The number of rotatable bonds is 6. The summed E-state index contributed by atoms with van der Waals surface area (Å²) in [5.41, 5.74) is 7.74. The second-order valence-electron chi connectivity index (χ2n) is 5.95. The first-order valence-corrected chi connectivity index (χ1v) is 6.57. The molecule has 0 aromatic heterocycles. The molecule has 0 spiro atoms. The molecular formula is C15H26ClN3O. The van der Waals surface area contributed by atoms with E-state index >= 15 is 0 Å². The lowest BCUT2D eigenvalue weighted by atomic mass is 9.93. The van der Waals surface area contributed by atoms with Crippen LogP contribution in [0, 0.1) is 12.3 Å². The quantitative estimate of drug-likeness (QED) is 0.847. The van der Waals surface area contributed by atoms with Gasteiger partial charge in [-0.15, -0.1) is 12.4 Å². The third-order valence-electron chi connectivity index (χ3n) is 3.00. The number of nitrogens with two attached hydrogens (primary N) is 1. The van der Waals surface area contributed by atoms with Crippen molar-refractivity contribution in [2.24, 2.45) is 11.1 Å². The number of hydrogen-bond acceptors (Lipinski definition) is 3. The fraction of sp³-hybridized carbons (Fsp3) is 0.533. The van der Waals surface area contributed by atoms with Gasteiger partial charge in [-0.1, -0.05) is 31.5 Å². The summed E-state index contributed by atoms with van der Waals surface area (Å²) in [5, 5.41) is 2.89. The second kappa shape index (κ2) is 8.25. The first-order chi connectivity index (χ1) is 8.82. The Balaban J connectivity index is 0.00000361. The predicted octanol–water partition coefficient (Wildman–Crippen LogP) is 2.27. The fourth-order valence-electron chi connectivity index (χ4n) is 1.93. The van der Waals surface area contributed by atoms with E-state index in [2.05, 4.69) is 19.2 Å². The molecule has 3 N–H and O–H groups in total. The molecule has 5 heteroatoms.